The molecule has 2 aromatic carbocycles. The summed E-state index contributed by atoms with van der Waals surface area (Å²) in [5.74, 6) is 0.393. The molecule has 2 aromatic rings. The molecule has 8 heteroatoms. The molecule has 0 heterocycles. The van der Waals surface area contributed by atoms with Gasteiger partial charge in [0, 0.05) is 0 Å². The van der Waals surface area contributed by atoms with E-state index in [1.54, 1.807) is 6.07 Å². The summed E-state index contributed by atoms with van der Waals surface area (Å²) in [7, 11) is -2.41. The van der Waals surface area contributed by atoms with Crippen molar-refractivity contribution in [1.82, 2.24) is 0 Å². The van der Waals surface area contributed by atoms with Crippen LogP contribution in [0.2, 0.25) is 10.0 Å². The smallest absolute Gasteiger partial charge is 0.262 e. The van der Waals surface area contributed by atoms with Crippen LogP contribution in [0.4, 0.5) is 11.4 Å². The molecule has 2 rings (SSSR count). The SMILES string of the molecule is COc1ccc(S(=O)(=O)Nc2c(Cl)cccc2Cl)cc1N. The van der Waals surface area contributed by atoms with Crippen LogP contribution in [-0.2, 0) is 10.0 Å². The first-order valence-corrected chi connectivity index (χ1v) is 7.99. The van der Waals surface area contributed by atoms with Crippen LogP contribution in [0.15, 0.2) is 41.3 Å². The quantitative estimate of drug-likeness (QED) is 0.831. The average molecular weight is 347 g/mol. The second kappa shape index (κ2) is 6.01. The van der Waals surface area contributed by atoms with Gasteiger partial charge >= 0.3 is 0 Å². The molecular formula is C13H12Cl2N2O3S. The number of halogens is 2. The average Bonchev–Trinajstić information content (AvgIpc) is 2.43. The highest BCUT2D eigenvalue weighted by Crippen LogP contribution is 2.32. The van der Waals surface area contributed by atoms with Gasteiger partial charge in [0.1, 0.15) is 5.75 Å². The summed E-state index contributed by atoms with van der Waals surface area (Å²) in [6, 6.07) is 8.83. The van der Waals surface area contributed by atoms with E-state index in [1.807, 2.05) is 0 Å². The van der Waals surface area contributed by atoms with Crippen molar-refractivity contribution in [2.24, 2.45) is 0 Å². The minimum Gasteiger partial charge on any atom is -0.495 e. The maximum Gasteiger partial charge on any atom is 0.262 e. The van der Waals surface area contributed by atoms with Crippen molar-refractivity contribution >= 4 is 44.6 Å². The standard InChI is InChI=1S/C13H12Cl2N2O3S/c1-20-12-6-5-8(7-11(12)16)21(18,19)17-13-9(14)3-2-4-10(13)15/h2-7,17H,16H2,1H3. The van der Waals surface area contributed by atoms with Gasteiger partial charge in [-0.05, 0) is 30.3 Å². The zero-order chi connectivity index (χ0) is 15.6. The van der Waals surface area contributed by atoms with Gasteiger partial charge in [-0.25, -0.2) is 8.42 Å². The lowest BCUT2D eigenvalue weighted by Crippen LogP contribution is -2.14. The number of nitrogens with one attached hydrogen (secondary N) is 1. The number of nitrogen functional groups attached to an aromatic ring is 1. The summed E-state index contributed by atoms with van der Waals surface area (Å²) in [5.41, 5.74) is 6.05. The molecule has 0 saturated heterocycles. The number of rotatable bonds is 4. The van der Waals surface area contributed by atoms with Crippen molar-refractivity contribution < 1.29 is 13.2 Å². The Bertz CT molecular complexity index is 759. The van der Waals surface area contributed by atoms with E-state index in [9.17, 15) is 8.42 Å². The lowest BCUT2D eigenvalue weighted by molar-refractivity contribution is 0.416. The van der Waals surface area contributed by atoms with Crippen LogP contribution < -0.4 is 15.2 Å². The van der Waals surface area contributed by atoms with Crippen LogP contribution in [-0.4, -0.2) is 15.5 Å². The molecule has 0 saturated carbocycles. The fourth-order valence-corrected chi connectivity index (χ4v) is 3.41. The molecule has 0 atom stereocenters. The number of sulfonamides is 1. The highest BCUT2D eigenvalue weighted by molar-refractivity contribution is 7.92. The third-order valence-corrected chi connectivity index (χ3v) is 4.69. The van der Waals surface area contributed by atoms with Gasteiger partial charge in [0.15, 0.2) is 0 Å². The number of hydrogen-bond acceptors (Lipinski definition) is 4. The summed E-state index contributed by atoms with van der Waals surface area (Å²) in [4.78, 5) is -0.0169. The third kappa shape index (κ3) is 3.34. The third-order valence-electron chi connectivity index (χ3n) is 2.71. The Morgan fingerprint density at radius 3 is 2.29 bits per heavy atom. The van der Waals surface area contributed by atoms with E-state index < -0.39 is 10.0 Å². The van der Waals surface area contributed by atoms with Gasteiger partial charge in [0.2, 0.25) is 0 Å². The Kier molecular flexibility index (Phi) is 4.51. The molecule has 0 radical (unpaired) electrons. The maximum atomic E-state index is 12.3. The minimum atomic E-state index is -3.86. The molecule has 0 unspecified atom stereocenters. The molecule has 0 aromatic heterocycles. The van der Waals surface area contributed by atoms with Crippen LogP contribution in [0.3, 0.4) is 0 Å². The topological polar surface area (TPSA) is 81.4 Å². The Morgan fingerprint density at radius 1 is 1.14 bits per heavy atom. The second-order valence-electron chi connectivity index (χ2n) is 4.11. The number of anilines is 2. The molecule has 0 fully saturated rings. The molecule has 0 aliphatic carbocycles. The fraction of sp³-hybridized carbons (Fsp3) is 0.0769. The van der Waals surface area contributed by atoms with Crippen molar-refractivity contribution in [2.45, 2.75) is 4.90 Å². The van der Waals surface area contributed by atoms with Gasteiger partial charge in [-0.1, -0.05) is 29.3 Å². The number of ether oxygens (including phenoxy) is 1. The Labute approximate surface area is 132 Å². The monoisotopic (exact) mass is 346 g/mol. The summed E-state index contributed by atoms with van der Waals surface area (Å²) in [5, 5.41) is 0.403. The second-order valence-corrected chi connectivity index (χ2v) is 6.60. The van der Waals surface area contributed by atoms with Gasteiger partial charge < -0.3 is 10.5 Å². The lowest BCUT2D eigenvalue weighted by atomic mass is 10.3. The zero-order valence-electron chi connectivity index (χ0n) is 10.9. The molecule has 0 aliphatic heterocycles. The normalized spacial score (nSPS) is 11.2. The number of hydrogen-bond donors (Lipinski definition) is 2. The van der Waals surface area contributed by atoms with E-state index in [-0.39, 0.29) is 26.3 Å². The first kappa shape index (κ1) is 15.8. The highest BCUT2D eigenvalue weighted by atomic mass is 35.5. The lowest BCUT2D eigenvalue weighted by Gasteiger charge is -2.12. The molecule has 112 valence electrons. The molecule has 3 N–H and O–H groups in total. The van der Waals surface area contributed by atoms with Gasteiger partial charge in [-0.15, -0.1) is 0 Å². The number of benzene rings is 2. The molecule has 0 bridgehead atoms. The maximum absolute atomic E-state index is 12.3. The van der Waals surface area contributed by atoms with Gasteiger partial charge in [-0.2, -0.15) is 0 Å². The summed E-state index contributed by atoms with van der Waals surface area (Å²) >= 11 is 11.9. The van der Waals surface area contributed by atoms with Crippen molar-refractivity contribution in [3.63, 3.8) is 0 Å². The molecule has 0 aliphatic rings. The molecule has 0 spiro atoms. The van der Waals surface area contributed by atoms with E-state index in [1.165, 1.54) is 37.4 Å². The molecular weight excluding hydrogens is 335 g/mol. The van der Waals surface area contributed by atoms with Crippen molar-refractivity contribution in [3.8, 4) is 5.75 Å². The Balaban J connectivity index is 2.41. The summed E-state index contributed by atoms with van der Waals surface area (Å²) in [6.45, 7) is 0. The van der Waals surface area contributed by atoms with Gasteiger partial charge in [-0.3, -0.25) is 4.72 Å². The van der Waals surface area contributed by atoms with Crippen LogP contribution in [0.25, 0.3) is 0 Å². The van der Waals surface area contributed by atoms with E-state index in [0.29, 0.717) is 5.75 Å². The number of para-hydroxylation sites is 1. The van der Waals surface area contributed by atoms with Crippen LogP contribution in [0.1, 0.15) is 0 Å². The molecule has 5 nitrogen and oxygen atoms in total. The predicted molar refractivity (Wildman–Crippen MR) is 84.7 cm³/mol. The van der Waals surface area contributed by atoms with Crippen LogP contribution in [0, 0.1) is 0 Å². The first-order chi connectivity index (χ1) is 9.85. The minimum absolute atomic E-state index is 0.0169. The number of nitrogens with two attached hydrogens (primary N) is 1. The van der Waals surface area contributed by atoms with Crippen molar-refractivity contribution in [1.29, 1.82) is 0 Å². The Hall–Kier alpha value is -1.63. The zero-order valence-corrected chi connectivity index (χ0v) is 13.3. The van der Waals surface area contributed by atoms with E-state index in [0.717, 1.165) is 0 Å². The Morgan fingerprint density at radius 2 is 1.76 bits per heavy atom. The van der Waals surface area contributed by atoms with Crippen LogP contribution in [0.5, 0.6) is 5.75 Å². The predicted octanol–water partition coefficient (Wildman–Crippen LogP) is 3.39. The summed E-state index contributed by atoms with van der Waals surface area (Å²) < 4.78 is 32.0. The van der Waals surface area contributed by atoms with Gasteiger partial charge in [0.25, 0.3) is 10.0 Å². The van der Waals surface area contributed by atoms with Crippen LogP contribution >= 0.6 is 23.2 Å². The number of methoxy groups -OCH3 is 1. The highest BCUT2D eigenvalue weighted by Gasteiger charge is 2.18. The molecule has 21 heavy (non-hydrogen) atoms. The van der Waals surface area contributed by atoms with Gasteiger partial charge in [0.05, 0.1) is 33.4 Å². The van der Waals surface area contributed by atoms with E-state index in [2.05, 4.69) is 4.72 Å². The van der Waals surface area contributed by atoms with E-state index in [4.69, 9.17) is 33.7 Å². The largest absolute Gasteiger partial charge is 0.495 e. The van der Waals surface area contributed by atoms with E-state index >= 15 is 0 Å². The first-order valence-electron chi connectivity index (χ1n) is 5.75. The summed E-state index contributed by atoms with van der Waals surface area (Å²) in [6.07, 6.45) is 0. The van der Waals surface area contributed by atoms with Crippen molar-refractivity contribution in [2.75, 3.05) is 17.6 Å². The fourth-order valence-electron chi connectivity index (χ4n) is 1.67. The van der Waals surface area contributed by atoms with Crippen molar-refractivity contribution in [3.05, 3.63) is 46.4 Å². The molecule has 0 amide bonds.